The normalized spacial score (nSPS) is 41.3. The monoisotopic (exact) mass is 302 g/mol. The molecule has 1 saturated carbocycles. The van der Waals surface area contributed by atoms with Gasteiger partial charge in [-0.15, -0.1) is 0 Å². The summed E-state index contributed by atoms with van der Waals surface area (Å²) in [6, 6.07) is 0. The Morgan fingerprint density at radius 2 is 2.05 bits per heavy atom. The quantitative estimate of drug-likeness (QED) is 0.527. The zero-order chi connectivity index (χ0) is 16.1. The molecule has 0 aromatic heterocycles. The van der Waals surface area contributed by atoms with Gasteiger partial charge in [0.15, 0.2) is 0 Å². The third kappa shape index (κ3) is 2.10. The number of esters is 1. The molecule has 0 bridgehead atoms. The van der Waals surface area contributed by atoms with E-state index in [0.717, 1.165) is 32.1 Å². The lowest BCUT2D eigenvalue weighted by atomic mass is 9.49. The molecule has 0 radical (unpaired) electrons. The van der Waals surface area contributed by atoms with Crippen molar-refractivity contribution in [3.8, 4) is 0 Å². The minimum Gasteiger partial charge on any atom is -0.454 e. The summed E-state index contributed by atoms with van der Waals surface area (Å²) in [6.07, 6.45) is 8.29. The third-order valence-electron chi connectivity index (χ3n) is 6.75. The summed E-state index contributed by atoms with van der Waals surface area (Å²) >= 11 is 0. The second-order valence-electron chi connectivity index (χ2n) is 8.29. The van der Waals surface area contributed by atoms with Gasteiger partial charge in [-0.2, -0.15) is 0 Å². The molecule has 4 atom stereocenters. The van der Waals surface area contributed by atoms with Crippen LogP contribution in [0.25, 0.3) is 0 Å². The summed E-state index contributed by atoms with van der Waals surface area (Å²) in [5.41, 5.74) is 2.34. The van der Waals surface area contributed by atoms with Crippen LogP contribution in [-0.4, -0.2) is 11.6 Å². The Morgan fingerprint density at radius 1 is 1.32 bits per heavy atom. The molecule has 0 amide bonds. The van der Waals surface area contributed by atoms with Crippen molar-refractivity contribution in [3.63, 3.8) is 0 Å². The van der Waals surface area contributed by atoms with Crippen LogP contribution in [0.15, 0.2) is 23.8 Å². The summed E-state index contributed by atoms with van der Waals surface area (Å²) in [6.45, 7) is 13.3. The lowest BCUT2D eigenvalue weighted by Crippen LogP contribution is -2.61. The van der Waals surface area contributed by atoms with E-state index in [1.54, 1.807) is 0 Å². The standard InChI is InChI=1S/C20H30O2/c1-13(2)15-8-11-20-16(12-15)6-7-17(14(3)4)19(20,5)10-9-18(21)22-20/h12-13,15,17H,3,6-11H2,1-2,4-5H3/t15?,17-,19-,20+/m0/s1. The van der Waals surface area contributed by atoms with Crippen molar-refractivity contribution in [2.45, 2.75) is 71.8 Å². The first kappa shape index (κ1) is 15.8. The van der Waals surface area contributed by atoms with Crippen LogP contribution < -0.4 is 0 Å². The molecule has 2 fully saturated rings. The van der Waals surface area contributed by atoms with Gasteiger partial charge in [0, 0.05) is 11.8 Å². The molecule has 22 heavy (non-hydrogen) atoms. The van der Waals surface area contributed by atoms with Gasteiger partial charge in [0.05, 0.1) is 0 Å². The molecule has 1 unspecified atom stereocenters. The van der Waals surface area contributed by atoms with Gasteiger partial charge in [0.1, 0.15) is 5.60 Å². The number of hydrogen-bond donors (Lipinski definition) is 0. The highest BCUT2D eigenvalue weighted by Gasteiger charge is 2.62. The Labute approximate surface area is 135 Å². The second kappa shape index (κ2) is 5.25. The molecule has 1 saturated heterocycles. The summed E-state index contributed by atoms with van der Waals surface area (Å²) in [5, 5.41) is 0. The molecule has 122 valence electrons. The number of allylic oxidation sites excluding steroid dienone is 2. The van der Waals surface area contributed by atoms with E-state index in [1.807, 2.05) is 0 Å². The fraction of sp³-hybridized carbons (Fsp3) is 0.750. The smallest absolute Gasteiger partial charge is 0.306 e. The average Bonchev–Trinajstić information content (AvgIpc) is 2.44. The number of hydrogen-bond acceptors (Lipinski definition) is 2. The van der Waals surface area contributed by atoms with E-state index in [0.29, 0.717) is 24.2 Å². The predicted molar refractivity (Wildman–Crippen MR) is 89.3 cm³/mol. The molecule has 2 nitrogen and oxygen atoms in total. The zero-order valence-corrected chi connectivity index (χ0v) is 14.6. The van der Waals surface area contributed by atoms with Gasteiger partial charge in [-0.05, 0) is 62.4 Å². The van der Waals surface area contributed by atoms with Crippen molar-refractivity contribution in [1.82, 2.24) is 0 Å². The van der Waals surface area contributed by atoms with E-state index >= 15 is 0 Å². The molecule has 1 heterocycles. The predicted octanol–water partition coefficient (Wildman–Crippen LogP) is 5.05. The van der Waals surface area contributed by atoms with Crippen molar-refractivity contribution in [3.05, 3.63) is 23.8 Å². The van der Waals surface area contributed by atoms with Crippen molar-refractivity contribution < 1.29 is 9.53 Å². The Morgan fingerprint density at radius 3 is 2.68 bits per heavy atom. The van der Waals surface area contributed by atoms with Crippen LogP contribution in [0.4, 0.5) is 0 Å². The molecule has 3 aliphatic rings. The molecule has 1 aliphatic heterocycles. The Hall–Kier alpha value is -1.05. The van der Waals surface area contributed by atoms with E-state index in [-0.39, 0.29) is 17.0 Å². The van der Waals surface area contributed by atoms with Gasteiger partial charge in [-0.1, -0.05) is 39.0 Å². The molecule has 3 rings (SSSR count). The summed E-state index contributed by atoms with van der Waals surface area (Å²) in [7, 11) is 0. The van der Waals surface area contributed by atoms with Crippen LogP contribution >= 0.6 is 0 Å². The molecule has 0 aromatic carbocycles. The van der Waals surface area contributed by atoms with Crippen LogP contribution in [0.3, 0.4) is 0 Å². The Bertz CT molecular complexity index is 530. The van der Waals surface area contributed by atoms with E-state index in [1.165, 1.54) is 11.1 Å². The maximum Gasteiger partial charge on any atom is 0.306 e. The van der Waals surface area contributed by atoms with Gasteiger partial charge in [0.25, 0.3) is 0 Å². The Kier molecular flexibility index (Phi) is 3.78. The molecular formula is C20H30O2. The SMILES string of the molecule is C=C(C)[C@@H]1CCC2=CC(C(C)C)CC[C@@]23OC(=O)CC[C@@]13C. The van der Waals surface area contributed by atoms with Gasteiger partial charge >= 0.3 is 5.97 Å². The topological polar surface area (TPSA) is 26.3 Å². The van der Waals surface area contributed by atoms with Gasteiger partial charge in [0.2, 0.25) is 0 Å². The minimum absolute atomic E-state index is 0.00580. The zero-order valence-electron chi connectivity index (χ0n) is 14.6. The van der Waals surface area contributed by atoms with E-state index in [4.69, 9.17) is 4.74 Å². The fourth-order valence-corrected chi connectivity index (χ4v) is 5.38. The molecular weight excluding hydrogens is 272 g/mol. The van der Waals surface area contributed by atoms with E-state index in [2.05, 4.69) is 40.3 Å². The second-order valence-corrected chi connectivity index (χ2v) is 8.29. The van der Waals surface area contributed by atoms with Crippen molar-refractivity contribution in [2.75, 3.05) is 0 Å². The fourth-order valence-electron chi connectivity index (χ4n) is 5.38. The maximum atomic E-state index is 12.1. The summed E-state index contributed by atoms with van der Waals surface area (Å²) in [5.74, 6) is 1.75. The number of rotatable bonds is 2. The molecule has 0 N–H and O–H groups in total. The van der Waals surface area contributed by atoms with Crippen LogP contribution in [0.2, 0.25) is 0 Å². The first-order chi connectivity index (χ1) is 10.3. The molecule has 2 heteroatoms. The third-order valence-corrected chi connectivity index (χ3v) is 6.75. The maximum absolute atomic E-state index is 12.1. The van der Waals surface area contributed by atoms with Crippen molar-refractivity contribution in [2.24, 2.45) is 23.2 Å². The first-order valence-corrected chi connectivity index (χ1v) is 8.88. The van der Waals surface area contributed by atoms with Gasteiger partial charge in [-0.25, -0.2) is 0 Å². The summed E-state index contributed by atoms with van der Waals surface area (Å²) < 4.78 is 6.14. The highest BCUT2D eigenvalue weighted by atomic mass is 16.6. The average molecular weight is 302 g/mol. The molecule has 1 spiro atoms. The van der Waals surface area contributed by atoms with Gasteiger partial charge in [-0.3, -0.25) is 4.79 Å². The Balaban J connectivity index is 2.08. The lowest BCUT2D eigenvalue weighted by Gasteiger charge is -2.60. The van der Waals surface area contributed by atoms with Crippen LogP contribution in [0.5, 0.6) is 0 Å². The van der Waals surface area contributed by atoms with E-state index in [9.17, 15) is 4.79 Å². The molecule has 2 aliphatic carbocycles. The van der Waals surface area contributed by atoms with Crippen molar-refractivity contribution in [1.29, 1.82) is 0 Å². The molecule has 0 aromatic rings. The number of carbonyl (C=O) groups excluding carboxylic acids is 1. The number of ether oxygens (including phenoxy) is 1. The number of carbonyl (C=O) groups is 1. The van der Waals surface area contributed by atoms with Crippen LogP contribution in [-0.2, 0) is 9.53 Å². The largest absolute Gasteiger partial charge is 0.454 e. The minimum atomic E-state index is -0.352. The van der Waals surface area contributed by atoms with Crippen molar-refractivity contribution >= 4 is 5.97 Å². The van der Waals surface area contributed by atoms with E-state index < -0.39 is 0 Å². The lowest BCUT2D eigenvalue weighted by molar-refractivity contribution is -0.198. The highest BCUT2D eigenvalue weighted by Crippen LogP contribution is 2.62. The van der Waals surface area contributed by atoms with Crippen LogP contribution in [0, 0.1) is 23.2 Å². The van der Waals surface area contributed by atoms with Crippen LogP contribution in [0.1, 0.15) is 66.2 Å². The first-order valence-electron chi connectivity index (χ1n) is 8.88. The summed E-state index contributed by atoms with van der Waals surface area (Å²) in [4.78, 5) is 12.1. The van der Waals surface area contributed by atoms with Gasteiger partial charge < -0.3 is 4.74 Å². The highest BCUT2D eigenvalue weighted by molar-refractivity contribution is 5.72.